The van der Waals surface area contributed by atoms with Gasteiger partial charge in [-0.05, 0) is 68.0 Å². The first-order chi connectivity index (χ1) is 20.8. The highest BCUT2D eigenvalue weighted by Gasteiger charge is 2.38. The highest BCUT2D eigenvalue weighted by Crippen LogP contribution is 2.31. The minimum absolute atomic E-state index is 0.0638. The number of alkyl halides is 3. The van der Waals surface area contributed by atoms with Gasteiger partial charge >= 0.3 is 6.18 Å². The van der Waals surface area contributed by atoms with Gasteiger partial charge in [0.1, 0.15) is 5.70 Å². The second-order valence-electron chi connectivity index (χ2n) is 11.7. The molecule has 0 bridgehead atoms. The largest absolute Gasteiger partial charge is 0.430 e. The summed E-state index contributed by atoms with van der Waals surface area (Å²) in [6.45, 7) is 7.45. The molecule has 10 heteroatoms. The van der Waals surface area contributed by atoms with Gasteiger partial charge in [0.2, 0.25) is 5.91 Å². The van der Waals surface area contributed by atoms with Gasteiger partial charge in [-0.15, -0.1) is 0 Å². The van der Waals surface area contributed by atoms with Crippen molar-refractivity contribution in [1.29, 1.82) is 0 Å². The summed E-state index contributed by atoms with van der Waals surface area (Å²) in [6.07, 6.45) is -0.00588. The highest BCUT2D eigenvalue weighted by molar-refractivity contribution is 6.07. The van der Waals surface area contributed by atoms with Crippen molar-refractivity contribution < 1.29 is 22.8 Å². The summed E-state index contributed by atoms with van der Waals surface area (Å²) in [4.78, 5) is 36.5. The fourth-order valence-electron chi connectivity index (χ4n) is 5.42. The van der Waals surface area contributed by atoms with E-state index in [0.717, 1.165) is 28.3 Å². The lowest BCUT2D eigenvalue weighted by atomic mass is 9.82. The van der Waals surface area contributed by atoms with Crippen molar-refractivity contribution in [3.05, 3.63) is 107 Å². The van der Waals surface area contributed by atoms with Crippen LogP contribution in [-0.2, 0) is 16.8 Å². The van der Waals surface area contributed by atoms with Gasteiger partial charge in [0, 0.05) is 36.4 Å². The molecule has 0 radical (unpaired) electrons. The van der Waals surface area contributed by atoms with Crippen LogP contribution in [0.15, 0.2) is 78.8 Å². The van der Waals surface area contributed by atoms with E-state index in [1.807, 2.05) is 62.4 Å². The molecule has 5 rings (SSSR count). The van der Waals surface area contributed by atoms with Gasteiger partial charge in [0.05, 0.1) is 22.7 Å². The fraction of sp³-hybridized carbons (Fsp3) is 0.294. The van der Waals surface area contributed by atoms with Crippen LogP contribution >= 0.6 is 0 Å². The van der Waals surface area contributed by atoms with Gasteiger partial charge in [0.25, 0.3) is 5.91 Å². The number of halogens is 3. The number of rotatable bonds is 8. The lowest BCUT2D eigenvalue weighted by Gasteiger charge is -2.28. The van der Waals surface area contributed by atoms with Crippen molar-refractivity contribution in [2.45, 2.75) is 58.3 Å². The second kappa shape index (κ2) is 11.7. The molecule has 1 unspecified atom stereocenters. The molecule has 0 saturated carbocycles. The van der Waals surface area contributed by atoms with E-state index < -0.39 is 29.2 Å². The van der Waals surface area contributed by atoms with E-state index in [-0.39, 0.29) is 25.4 Å². The number of aryl methyl sites for hydroxylation is 1. The first-order valence-corrected chi connectivity index (χ1v) is 14.3. The Morgan fingerprint density at radius 1 is 1.05 bits per heavy atom. The number of allylic oxidation sites excluding steroid dienone is 1. The maximum Gasteiger partial charge on any atom is 0.430 e. The number of nitrogens with two attached hydrogens (primary N) is 1. The molecule has 1 aliphatic heterocycles. The zero-order valence-corrected chi connectivity index (χ0v) is 25.0. The van der Waals surface area contributed by atoms with Crippen molar-refractivity contribution in [3.63, 3.8) is 0 Å². The fourth-order valence-corrected chi connectivity index (χ4v) is 5.42. The maximum atomic E-state index is 14.3. The molecule has 3 N–H and O–H groups in total. The quantitative estimate of drug-likeness (QED) is 0.253. The highest BCUT2D eigenvalue weighted by atomic mass is 19.4. The van der Waals surface area contributed by atoms with Crippen LogP contribution < -0.4 is 11.1 Å². The number of carbonyl (C=O) groups is 2. The number of hydrogen-bond acceptors (Lipinski definition) is 5. The van der Waals surface area contributed by atoms with Gasteiger partial charge in [-0.3, -0.25) is 19.6 Å². The Morgan fingerprint density at radius 2 is 1.77 bits per heavy atom. The van der Waals surface area contributed by atoms with Crippen molar-refractivity contribution in [3.8, 4) is 11.1 Å². The van der Waals surface area contributed by atoms with E-state index in [9.17, 15) is 22.8 Å². The third-order valence-electron chi connectivity index (χ3n) is 8.35. The van der Waals surface area contributed by atoms with Gasteiger partial charge < -0.3 is 16.0 Å². The molecule has 2 amide bonds. The van der Waals surface area contributed by atoms with Crippen LogP contribution in [0.4, 0.5) is 13.2 Å². The van der Waals surface area contributed by atoms with E-state index in [1.54, 1.807) is 37.2 Å². The lowest BCUT2D eigenvalue weighted by molar-refractivity contribution is -0.122. The summed E-state index contributed by atoms with van der Waals surface area (Å²) in [7, 11) is 0. The van der Waals surface area contributed by atoms with Gasteiger partial charge in [-0.1, -0.05) is 54.6 Å². The van der Waals surface area contributed by atoms with Crippen LogP contribution in [0.1, 0.15) is 53.0 Å². The molecular weight excluding hydrogens is 567 g/mol. The van der Waals surface area contributed by atoms with Crippen molar-refractivity contribution in [2.75, 3.05) is 6.54 Å². The number of aromatic nitrogens is 2. The van der Waals surface area contributed by atoms with Crippen LogP contribution in [0.3, 0.4) is 0 Å². The minimum Gasteiger partial charge on any atom is -0.376 e. The first kappa shape index (κ1) is 30.7. The Kier molecular flexibility index (Phi) is 8.20. The molecule has 0 saturated heterocycles. The lowest BCUT2D eigenvalue weighted by Crippen LogP contribution is -2.42. The number of amides is 2. The summed E-state index contributed by atoms with van der Waals surface area (Å²) < 4.78 is 40.1. The molecule has 2 aromatic heterocycles. The monoisotopic (exact) mass is 601 g/mol. The Morgan fingerprint density at radius 3 is 2.43 bits per heavy atom. The molecule has 7 nitrogen and oxygen atoms in total. The smallest absolute Gasteiger partial charge is 0.376 e. The van der Waals surface area contributed by atoms with E-state index in [4.69, 9.17) is 5.73 Å². The number of nitrogens with zero attached hydrogens (tertiary/aromatic N) is 3. The van der Waals surface area contributed by atoms with E-state index in [1.165, 1.54) is 0 Å². The number of carbonyl (C=O) groups excluding carboxylic acids is 2. The Balaban J connectivity index is 1.46. The predicted molar refractivity (Wildman–Crippen MR) is 164 cm³/mol. The average molecular weight is 602 g/mol. The molecule has 4 aromatic rings. The summed E-state index contributed by atoms with van der Waals surface area (Å²) >= 11 is 0. The number of benzene rings is 2. The Labute approximate surface area is 254 Å². The van der Waals surface area contributed by atoms with Crippen molar-refractivity contribution >= 4 is 22.7 Å². The number of nitrogens with one attached hydrogen (secondary N) is 1. The van der Waals surface area contributed by atoms with Crippen LogP contribution in [0, 0.1) is 13.8 Å². The predicted octanol–water partition coefficient (Wildman–Crippen LogP) is 6.13. The zero-order chi connectivity index (χ0) is 31.8. The summed E-state index contributed by atoms with van der Waals surface area (Å²) in [5, 5.41) is 3.20. The van der Waals surface area contributed by atoms with E-state index in [2.05, 4.69) is 15.3 Å². The second-order valence-corrected chi connectivity index (χ2v) is 11.7. The molecule has 0 spiro atoms. The number of fused-ring (bicyclic) bond motifs is 1. The minimum atomic E-state index is -4.48. The third-order valence-corrected chi connectivity index (χ3v) is 8.35. The van der Waals surface area contributed by atoms with Crippen LogP contribution in [-0.4, -0.2) is 45.4 Å². The van der Waals surface area contributed by atoms with E-state index in [0.29, 0.717) is 27.7 Å². The molecule has 2 aromatic carbocycles. The zero-order valence-electron chi connectivity index (χ0n) is 25.0. The number of hydrogen-bond donors (Lipinski definition) is 2. The molecule has 1 atom stereocenters. The van der Waals surface area contributed by atoms with Crippen LogP contribution in [0.2, 0.25) is 0 Å². The normalized spacial score (nSPS) is 15.2. The van der Waals surface area contributed by atoms with Crippen molar-refractivity contribution in [1.82, 2.24) is 20.2 Å². The topological polar surface area (TPSA) is 101 Å². The van der Waals surface area contributed by atoms with Gasteiger partial charge in [0.15, 0.2) is 0 Å². The van der Waals surface area contributed by atoms with Crippen LogP contribution in [0.25, 0.3) is 22.0 Å². The van der Waals surface area contributed by atoms with Crippen LogP contribution in [0.5, 0.6) is 0 Å². The molecule has 0 aliphatic carbocycles. The molecule has 44 heavy (non-hydrogen) atoms. The SMILES string of the molecule is Cc1nc2cnccc2c(C(=O)N(Cc2ccc(-c3cccc(C(C)(C)C(N)=O)c3)cc2)CC2CC=C(C(F)(F)F)N2)c1C. The Bertz CT molecular complexity index is 1760. The summed E-state index contributed by atoms with van der Waals surface area (Å²) in [5.41, 5.74) is 9.84. The van der Waals surface area contributed by atoms with Crippen molar-refractivity contribution in [2.24, 2.45) is 5.73 Å². The molecule has 1 aliphatic rings. The molecule has 0 fully saturated rings. The first-order valence-electron chi connectivity index (χ1n) is 14.3. The summed E-state index contributed by atoms with van der Waals surface area (Å²) in [6, 6.07) is 16.4. The molecular formula is C34H34F3N5O2. The molecule has 228 valence electrons. The third kappa shape index (κ3) is 6.15. The van der Waals surface area contributed by atoms with Gasteiger partial charge in [-0.25, -0.2) is 0 Å². The Hall–Kier alpha value is -4.73. The average Bonchev–Trinajstić information content (AvgIpc) is 3.47. The standard InChI is InChI=1S/C34H34F3N5O2/c1-20-21(2)40-28-17-39-15-14-27(28)30(20)31(43)42(19-26-12-13-29(41-26)34(35,36)37)18-22-8-10-23(11-9-22)24-6-5-7-25(16-24)33(3,4)32(38)44/h5-11,13-17,26,41H,12,18-19H2,1-4H3,(H2,38,44). The molecule has 3 heterocycles. The van der Waals surface area contributed by atoms with E-state index >= 15 is 0 Å². The maximum absolute atomic E-state index is 14.3. The number of primary amides is 1. The number of pyridine rings is 2. The summed E-state index contributed by atoms with van der Waals surface area (Å²) in [5.74, 6) is -0.718. The van der Waals surface area contributed by atoms with Gasteiger partial charge in [-0.2, -0.15) is 13.2 Å².